The first-order chi connectivity index (χ1) is 9.34. The van der Waals surface area contributed by atoms with Gasteiger partial charge in [-0.2, -0.15) is 0 Å². The molecule has 1 aromatic heterocycles. The summed E-state index contributed by atoms with van der Waals surface area (Å²) in [4.78, 5) is 0. The second-order valence-electron chi connectivity index (χ2n) is 4.20. The van der Waals surface area contributed by atoms with Gasteiger partial charge in [-0.25, -0.2) is 0 Å². The molecule has 3 rings (SSSR count). The molecule has 2 aromatic carbocycles. The molecule has 0 spiro atoms. The van der Waals surface area contributed by atoms with Crippen molar-refractivity contribution in [2.75, 3.05) is 0 Å². The Morgan fingerprint density at radius 2 is 1.47 bits per heavy atom. The third kappa shape index (κ3) is 2.39. The number of benzene rings is 2. The maximum atomic E-state index is 6.11. The highest BCUT2D eigenvalue weighted by Crippen LogP contribution is 2.22. The maximum absolute atomic E-state index is 6.11. The van der Waals surface area contributed by atoms with E-state index < -0.39 is 6.04 Å². The Hall–Kier alpha value is -2.46. The topological polar surface area (TPSA) is 64.9 Å². The van der Waals surface area contributed by atoms with E-state index in [-0.39, 0.29) is 0 Å². The quantitative estimate of drug-likeness (QED) is 0.777. The maximum Gasteiger partial charge on any atom is 0.247 e. The first-order valence-electron chi connectivity index (χ1n) is 6.04. The normalized spacial score (nSPS) is 12.3. The molecule has 0 unspecified atom stereocenters. The molecule has 3 aromatic rings. The van der Waals surface area contributed by atoms with Crippen LogP contribution in [0.3, 0.4) is 0 Å². The smallest absolute Gasteiger partial charge is 0.247 e. The fourth-order valence-corrected chi connectivity index (χ4v) is 1.86. The average Bonchev–Trinajstić information content (AvgIpc) is 2.98. The molecular formula is C15H13N3O. The van der Waals surface area contributed by atoms with Gasteiger partial charge in [0.05, 0.1) is 0 Å². The van der Waals surface area contributed by atoms with Crippen LogP contribution in [-0.4, -0.2) is 10.2 Å². The number of rotatable bonds is 3. The van der Waals surface area contributed by atoms with E-state index in [0.29, 0.717) is 11.8 Å². The first kappa shape index (κ1) is 11.6. The Morgan fingerprint density at radius 3 is 2.16 bits per heavy atom. The predicted octanol–water partition coefficient (Wildman–Crippen LogP) is 2.78. The molecule has 2 N–H and O–H groups in total. The zero-order valence-corrected chi connectivity index (χ0v) is 10.2. The van der Waals surface area contributed by atoms with E-state index in [9.17, 15) is 0 Å². The van der Waals surface area contributed by atoms with Gasteiger partial charge in [0.2, 0.25) is 11.8 Å². The summed E-state index contributed by atoms with van der Waals surface area (Å²) in [7, 11) is 0. The van der Waals surface area contributed by atoms with E-state index in [1.165, 1.54) is 0 Å². The minimum atomic E-state index is -0.397. The van der Waals surface area contributed by atoms with Gasteiger partial charge in [-0.3, -0.25) is 0 Å². The van der Waals surface area contributed by atoms with Gasteiger partial charge >= 0.3 is 0 Å². The van der Waals surface area contributed by atoms with E-state index in [0.717, 1.165) is 11.1 Å². The van der Waals surface area contributed by atoms with Gasteiger partial charge in [-0.15, -0.1) is 10.2 Å². The van der Waals surface area contributed by atoms with Crippen LogP contribution in [0.25, 0.3) is 11.5 Å². The number of hydrogen-bond acceptors (Lipinski definition) is 4. The van der Waals surface area contributed by atoms with Crippen LogP contribution in [0.15, 0.2) is 65.1 Å². The lowest BCUT2D eigenvalue weighted by Gasteiger charge is -2.06. The SMILES string of the molecule is N[C@H](c1ccccc1)c1nnc(-c2ccccc2)o1. The molecule has 0 aliphatic heterocycles. The summed E-state index contributed by atoms with van der Waals surface area (Å²) in [5.74, 6) is 0.909. The van der Waals surface area contributed by atoms with Gasteiger partial charge in [0, 0.05) is 5.56 Å². The minimum Gasteiger partial charge on any atom is -0.419 e. The van der Waals surface area contributed by atoms with E-state index in [4.69, 9.17) is 10.2 Å². The van der Waals surface area contributed by atoms with E-state index in [1.807, 2.05) is 60.7 Å². The second-order valence-corrected chi connectivity index (χ2v) is 4.20. The van der Waals surface area contributed by atoms with Crippen LogP contribution in [-0.2, 0) is 0 Å². The molecule has 0 saturated heterocycles. The Morgan fingerprint density at radius 1 is 0.842 bits per heavy atom. The Balaban J connectivity index is 1.90. The summed E-state index contributed by atoms with van der Waals surface area (Å²) < 4.78 is 5.64. The molecule has 4 nitrogen and oxygen atoms in total. The lowest BCUT2D eigenvalue weighted by atomic mass is 10.1. The molecular weight excluding hydrogens is 238 g/mol. The Bertz CT molecular complexity index is 649. The number of hydrogen-bond donors (Lipinski definition) is 1. The van der Waals surface area contributed by atoms with Gasteiger partial charge in [0.25, 0.3) is 0 Å². The largest absolute Gasteiger partial charge is 0.419 e. The fourth-order valence-electron chi connectivity index (χ4n) is 1.86. The summed E-state index contributed by atoms with van der Waals surface area (Å²) in [6.07, 6.45) is 0. The molecule has 1 heterocycles. The molecule has 94 valence electrons. The molecule has 19 heavy (non-hydrogen) atoms. The highest BCUT2D eigenvalue weighted by Gasteiger charge is 2.16. The second kappa shape index (κ2) is 5.04. The summed E-state index contributed by atoms with van der Waals surface area (Å²) in [6.45, 7) is 0. The summed E-state index contributed by atoms with van der Waals surface area (Å²) in [6, 6.07) is 18.9. The summed E-state index contributed by atoms with van der Waals surface area (Å²) in [5.41, 5.74) is 7.95. The third-order valence-corrected chi connectivity index (χ3v) is 2.89. The van der Waals surface area contributed by atoms with Crippen LogP contribution >= 0.6 is 0 Å². The molecule has 0 radical (unpaired) electrons. The van der Waals surface area contributed by atoms with Gasteiger partial charge in [0.15, 0.2) is 0 Å². The molecule has 0 saturated carbocycles. The van der Waals surface area contributed by atoms with E-state index >= 15 is 0 Å². The molecule has 1 atom stereocenters. The Labute approximate surface area is 110 Å². The third-order valence-electron chi connectivity index (χ3n) is 2.89. The van der Waals surface area contributed by atoms with Crippen LogP contribution < -0.4 is 5.73 Å². The zero-order chi connectivity index (χ0) is 13.1. The van der Waals surface area contributed by atoms with Gasteiger partial charge in [-0.1, -0.05) is 48.5 Å². The van der Waals surface area contributed by atoms with Crippen molar-refractivity contribution in [2.24, 2.45) is 5.73 Å². The monoisotopic (exact) mass is 251 g/mol. The van der Waals surface area contributed by atoms with Crippen molar-refractivity contribution >= 4 is 0 Å². The van der Waals surface area contributed by atoms with E-state index in [2.05, 4.69) is 10.2 Å². The van der Waals surface area contributed by atoms with Crippen LogP contribution in [0.5, 0.6) is 0 Å². The van der Waals surface area contributed by atoms with Crippen LogP contribution in [0.4, 0.5) is 0 Å². The average molecular weight is 251 g/mol. The van der Waals surface area contributed by atoms with Crippen molar-refractivity contribution < 1.29 is 4.42 Å². The summed E-state index contributed by atoms with van der Waals surface area (Å²) in [5, 5.41) is 8.06. The van der Waals surface area contributed by atoms with E-state index in [1.54, 1.807) is 0 Å². The number of nitrogens with zero attached hydrogens (tertiary/aromatic N) is 2. The number of nitrogens with two attached hydrogens (primary N) is 1. The molecule has 4 heteroatoms. The molecule has 0 aliphatic carbocycles. The first-order valence-corrected chi connectivity index (χ1v) is 6.04. The lowest BCUT2D eigenvalue weighted by molar-refractivity contribution is 0.484. The molecule has 0 amide bonds. The fraction of sp³-hybridized carbons (Fsp3) is 0.0667. The minimum absolute atomic E-state index is 0.397. The highest BCUT2D eigenvalue weighted by molar-refractivity contribution is 5.51. The van der Waals surface area contributed by atoms with Gasteiger partial charge < -0.3 is 10.2 Å². The zero-order valence-electron chi connectivity index (χ0n) is 10.2. The van der Waals surface area contributed by atoms with Crippen LogP contribution in [0, 0.1) is 0 Å². The van der Waals surface area contributed by atoms with Crippen molar-refractivity contribution in [3.05, 3.63) is 72.1 Å². The summed E-state index contributed by atoms with van der Waals surface area (Å²) >= 11 is 0. The molecule has 0 aliphatic rings. The molecule has 0 bridgehead atoms. The lowest BCUT2D eigenvalue weighted by Crippen LogP contribution is -2.11. The van der Waals surface area contributed by atoms with Gasteiger partial charge in [-0.05, 0) is 17.7 Å². The highest BCUT2D eigenvalue weighted by atomic mass is 16.4. The van der Waals surface area contributed by atoms with Gasteiger partial charge in [0.1, 0.15) is 6.04 Å². The van der Waals surface area contributed by atoms with Crippen LogP contribution in [0.1, 0.15) is 17.5 Å². The molecule has 0 fully saturated rings. The van der Waals surface area contributed by atoms with Crippen molar-refractivity contribution in [2.45, 2.75) is 6.04 Å². The van der Waals surface area contributed by atoms with Crippen molar-refractivity contribution in [3.8, 4) is 11.5 Å². The standard InChI is InChI=1S/C15H13N3O/c16-13(11-7-3-1-4-8-11)15-18-17-14(19-15)12-9-5-2-6-10-12/h1-10,13H,16H2/t13-/m1/s1. The number of aromatic nitrogens is 2. The predicted molar refractivity (Wildman–Crippen MR) is 72.2 cm³/mol. The Kier molecular flexibility index (Phi) is 3.08. The van der Waals surface area contributed by atoms with Crippen LogP contribution in [0.2, 0.25) is 0 Å². The van der Waals surface area contributed by atoms with Crippen molar-refractivity contribution in [1.82, 2.24) is 10.2 Å². The van der Waals surface area contributed by atoms with Crippen molar-refractivity contribution in [1.29, 1.82) is 0 Å². The van der Waals surface area contributed by atoms with Crippen molar-refractivity contribution in [3.63, 3.8) is 0 Å².